The maximum Gasteiger partial charge on any atom is 0.0594 e. The second-order valence-corrected chi connectivity index (χ2v) is 6.27. The van der Waals surface area contributed by atoms with Crippen LogP contribution in [0.15, 0.2) is 0 Å². The van der Waals surface area contributed by atoms with Gasteiger partial charge in [0, 0.05) is 25.7 Å². The van der Waals surface area contributed by atoms with Gasteiger partial charge in [-0.05, 0) is 37.9 Å². The van der Waals surface area contributed by atoms with E-state index >= 15 is 0 Å². The zero-order chi connectivity index (χ0) is 12.8. The van der Waals surface area contributed by atoms with Gasteiger partial charge in [-0.1, -0.05) is 13.8 Å². The Kier molecular flexibility index (Phi) is 5.42. The normalized spacial score (nSPS) is 29.3. The summed E-state index contributed by atoms with van der Waals surface area (Å²) in [7, 11) is 0. The Morgan fingerprint density at radius 2 is 2.11 bits per heavy atom. The summed E-state index contributed by atoms with van der Waals surface area (Å²) >= 11 is 0. The van der Waals surface area contributed by atoms with Crippen LogP contribution in [0.2, 0.25) is 0 Å². The van der Waals surface area contributed by atoms with E-state index in [0.29, 0.717) is 11.5 Å². The third-order valence-electron chi connectivity index (χ3n) is 4.28. The fourth-order valence-electron chi connectivity index (χ4n) is 2.95. The lowest BCUT2D eigenvalue weighted by Crippen LogP contribution is -2.53. The lowest BCUT2D eigenvalue weighted by Gasteiger charge is -2.39. The largest absolute Gasteiger partial charge is 0.379 e. The van der Waals surface area contributed by atoms with Gasteiger partial charge >= 0.3 is 0 Å². The average Bonchev–Trinajstić information content (AvgIpc) is 2.37. The van der Waals surface area contributed by atoms with Crippen molar-refractivity contribution in [1.29, 1.82) is 0 Å². The van der Waals surface area contributed by atoms with Crippen molar-refractivity contribution >= 4 is 0 Å². The van der Waals surface area contributed by atoms with Gasteiger partial charge in [-0.3, -0.25) is 4.90 Å². The summed E-state index contributed by atoms with van der Waals surface area (Å²) in [4.78, 5) is 2.51. The minimum Gasteiger partial charge on any atom is -0.379 e. The van der Waals surface area contributed by atoms with Crippen LogP contribution in [0.1, 0.15) is 26.7 Å². The first-order valence-electron chi connectivity index (χ1n) is 7.43. The highest BCUT2D eigenvalue weighted by Gasteiger charge is 2.31. The van der Waals surface area contributed by atoms with Gasteiger partial charge in [0.2, 0.25) is 0 Å². The molecule has 2 rings (SSSR count). The van der Waals surface area contributed by atoms with Crippen molar-refractivity contribution in [3.8, 4) is 0 Å². The maximum atomic E-state index is 5.36. The molecule has 0 radical (unpaired) electrons. The molecule has 2 saturated heterocycles. The average molecular weight is 255 g/mol. The zero-order valence-corrected chi connectivity index (χ0v) is 12.0. The van der Waals surface area contributed by atoms with Gasteiger partial charge in [0.15, 0.2) is 0 Å². The summed E-state index contributed by atoms with van der Waals surface area (Å²) in [6.45, 7) is 13.4. The zero-order valence-electron chi connectivity index (χ0n) is 12.0. The van der Waals surface area contributed by atoms with E-state index < -0.39 is 0 Å². The first-order chi connectivity index (χ1) is 8.68. The summed E-state index contributed by atoms with van der Waals surface area (Å²) in [5.41, 5.74) is 0.386. The summed E-state index contributed by atoms with van der Waals surface area (Å²) in [6.07, 6.45) is 2.50. The fourth-order valence-corrected chi connectivity index (χ4v) is 2.95. The highest BCUT2D eigenvalue weighted by atomic mass is 16.5. The second-order valence-electron chi connectivity index (χ2n) is 6.27. The van der Waals surface area contributed by atoms with E-state index in [0.717, 1.165) is 45.9 Å². The van der Waals surface area contributed by atoms with Gasteiger partial charge in [0.25, 0.3) is 0 Å². The number of hydrogen-bond acceptors (Lipinski definition) is 4. The fraction of sp³-hybridized carbons (Fsp3) is 1.00. The van der Waals surface area contributed by atoms with Crippen molar-refractivity contribution < 1.29 is 4.74 Å². The van der Waals surface area contributed by atoms with E-state index in [1.807, 2.05) is 0 Å². The summed E-state index contributed by atoms with van der Waals surface area (Å²) < 4.78 is 5.36. The Balaban J connectivity index is 1.59. The SMILES string of the molecule is CC1(C)CNCCC1NCCCN1CCOCC1. The van der Waals surface area contributed by atoms with E-state index in [1.165, 1.54) is 19.4 Å². The Labute approximate surface area is 111 Å². The monoisotopic (exact) mass is 255 g/mol. The molecule has 0 aromatic heterocycles. The molecule has 0 spiro atoms. The number of nitrogens with zero attached hydrogens (tertiary/aromatic N) is 1. The van der Waals surface area contributed by atoms with Crippen molar-refractivity contribution in [2.24, 2.45) is 5.41 Å². The quantitative estimate of drug-likeness (QED) is 0.709. The van der Waals surface area contributed by atoms with Crippen LogP contribution in [0.25, 0.3) is 0 Å². The molecule has 0 aromatic carbocycles. The van der Waals surface area contributed by atoms with E-state index in [1.54, 1.807) is 0 Å². The lowest BCUT2D eigenvalue weighted by atomic mass is 9.80. The third kappa shape index (κ3) is 4.19. The summed E-state index contributed by atoms with van der Waals surface area (Å²) in [5.74, 6) is 0. The molecule has 1 unspecified atom stereocenters. The van der Waals surface area contributed by atoms with Crippen molar-refractivity contribution in [2.45, 2.75) is 32.7 Å². The van der Waals surface area contributed by atoms with Crippen LogP contribution < -0.4 is 10.6 Å². The van der Waals surface area contributed by atoms with E-state index in [9.17, 15) is 0 Å². The Bertz CT molecular complexity index is 239. The summed E-state index contributed by atoms with van der Waals surface area (Å²) in [6, 6.07) is 0.670. The molecule has 18 heavy (non-hydrogen) atoms. The molecule has 106 valence electrons. The highest BCUT2D eigenvalue weighted by molar-refractivity contribution is 4.90. The molecule has 0 saturated carbocycles. The van der Waals surface area contributed by atoms with Crippen LogP contribution in [0, 0.1) is 5.41 Å². The van der Waals surface area contributed by atoms with Gasteiger partial charge < -0.3 is 15.4 Å². The standard InChI is InChI=1S/C14H29N3O/c1-14(2)12-15-6-4-13(14)16-5-3-7-17-8-10-18-11-9-17/h13,15-16H,3-12H2,1-2H3. The molecule has 2 aliphatic rings. The molecular formula is C14H29N3O. The second kappa shape index (κ2) is 6.85. The van der Waals surface area contributed by atoms with E-state index in [-0.39, 0.29) is 0 Å². The molecule has 4 nitrogen and oxygen atoms in total. The topological polar surface area (TPSA) is 36.5 Å². The van der Waals surface area contributed by atoms with Crippen LogP contribution in [-0.2, 0) is 4.74 Å². The van der Waals surface area contributed by atoms with Gasteiger partial charge in [0.1, 0.15) is 0 Å². The van der Waals surface area contributed by atoms with Gasteiger partial charge in [-0.15, -0.1) is 0 Å². The predicted molar refractivity (Wildman–Crippen MR) is 74.9 cm³/mol. The Morgan fingerprint density at radius 1 is 1.33 bits per heavy atom. The molecule has 0 amide bonds. The van der Waals surface area contributed by atoms with Gasteiger partial charge in [-0.2, -0.15) is 0 Å². The Hall–Kier alpha value is -0.160. The number of ether oxygens (including phenoxy) is 1. The number of hydrogen-bond donors (Lipinski definition) is 2. The number of rotatable bonds is 5. The Morgan fingerprint density at radius 3 is 2.83 bits per heavy atom. The van der Waals surface area contributed by atoms with Crippen molar-refractivity contribution in [3.05, 3.63) is 0 Å². The van der Waals surface area contributed by atoms with Crippen LogP contribution in [0.3, 0.4) is 0 Å². The lowest BCUT2D eigenvalue weighted by molar-refractivity contribution is 0.0371. The first kappa shape index (κ1) is 14.3. The smallest absolute Gasteiger partial charge is 0.0594 e. The number of nitrogens with one attached hydrogen (secondary N) is 2. The first-order valence-corrected chi connectivity index (χ1v) is 7.43. The molecule has 2 heterocycles. The van der Waals surface area contributed by atoms with Crippen molar-refractivity contribution in [3.63, 3.8) is 0 Å². The predicted octanol–water partition coefficient (Wildman–Crippen LogP) is 0.686. The molecule has 0 aromatic rings. The van der Waals surface area contributed by atoms with Crippen molar-refractivity contribution in [1.82, 2.24) is 15.5 Å². The highest BCUT2D eigenvalue weighted by Crippen LogP contribution is 2.24. The molecule has 0 bridgehead atoms. The molecular weight excluding hydrogens is 226 g/mol. The van der Waals surface area contributed by atoms with Crippen molar-refractivity contribution in [2.75, 3.05) is 52.5 Å². The van der Waals surface area contributed by atoms with Gasteiger partial charge in [0.05, 0.1) is 13.2 Å². The molecule has 2 fully saturated rings. The molecule has 4 heteroatoms. The summed E-state index contributed by atoms with van der Waals surface area (Å²) in [5, 5.41) is 7.24. The molecule has 0 aliphatic carbocycles. The van der Waals surface area contributed by atoms with Crippen LogP contribution in [0.4, 0.5) is 0 Å². The molecule has 2 aliphatic heterocycles. The maximum absolute atomic E-state index is 5.36. The van der Waals surface area contributed by atoms with Crippen LogP contribution in [-0.4, -0.2) is 63.4 Å². The van der Waals surface area contributed by atoms with Gasteiger partial charge in [-0.25, -0.2) is 0 Å². The molecule has 1 atom stereocenters. The number of morpholine rings is 1. The third-order valence-corrected chi connectivity index (χ3v) is 4.28. The number of piperidine rings is 1. The minimum absolute atomic E-state index is 0.386. The van der Waals surface area contributed by atoms with Crippen LogP contribution in [0.5, 0.6) is 0 Å². The van der Waals surface area contributed by atoms with E-state index in [4.69, 9.17) is 4.74 Å². The van der Waals surface area contributed by atoms with E-state index in [2.05, 4.69) is 29.4 Å². The molecule has 2 N–H and O–H groups in total. The minimum atomic E-state index is 0.386. The van der Waals surface area contributed by atoms with Crippen LogP contribution >= 0.6 is 0 Å².